The van der Waals surface area contributed by atoms with Crippen LogP contribution in [0.5, 0.6) is 11.5 Å². The number of aromatic nitrogens is 3. The Hall–Kier alpha value is -3.46. The summed E-state index contributed by atoms with van der Waals surface area (Å²) >= 11 is 6.05. The van der Waals surface area contributed by atoms with Gasteiger partial charge >= 0.3 is 0 Å². The van der Waals surface area contributed by atoms with E-state index in [2.05, 4.69) is 20.5 Å². The molecule has 2 aromatic heterocycles. The Morgan fingerprint density at radius 3 is 2.63 bits per heavy atom. The van der Waals surface area contributed by atoms with Crippen LogP contribution in [-0.2, 0) is 23.6 Å². The van der Waals surface area contributed by atoms with Crippen molar-refractivity contribution >= 4 is 28.4 Å². The molecule has 2 fully saturated rings. The average Bonchev–Trinajstić information content (AvgIpc) is 3.47. The van der Waals surface area contributed by atoms with Crippen LogP contribution in [0.4, 0.5) is 0 Å². The van der Waals surface area contributed by atoms with Gasteiger partial charge < -0.3 is 18.8 Å². The summed E-state index contributed by atoms with van der Waals surface area (Å²) in [4.78, 5) is 24.0. The molecule has 0 spiro atoms. The van der Waals surface area contributed by atoms with Crippen molar-refractivity contribution in [2.45, 2.75) is 64.0 Å². The van der Waals surface area contributed by atoms with E-state index in [0.717, 1.165) is 80.4 Å². The number of fused-ring (bicyclic) bond motifs is 2. The number of rotatable bonds is 7. The summed E-state index contributed by atoms with van der Waals surface area (Å²) in [7, 11) is 0. The van der Waals surface area contributed by atoms with Gasteiger partial charge in [0.2, 0.25) is 0 Å². The summed E-state index contributed by atoms with van der Waals surface area (Å²) in [6.45, 7) is 7.74. The van der Waals surface area contributed by atoms with Gasteiger partial charge in [-0.3, -0.25) is 14.7 Å². The lowest BCUT2D eigenvalue weighted by atomic mass is 9.88. The zero-order valence-corrected chi connectivity index (χ0v) is 24.1. The van der Waals surface area contributed by atoms with Gasteiger partial charge in [-0.15, -0.1) is 0 Å². The highest BCUT2D eigenvalue weighted by Crippen LogP contribution is 2.49. The monoisotopic (exact) mass is 572 g/mol. The zero-order chi connectivity index (χ0) is 28.1. The van der Waals surface area contributed by atoms with Gasteiger partial charge in [-0.25, -0.2) is 4.98 Å². The Morgan fingerprint density at radius 1 is 1.10 bits per heavy atom. The molecule has 3 aliphatic heterocycles. The number of pyridine rings is 1. The molecule has 2 atom stereocenters. The summed E-state index contributed by atoms with van der Waals surface area (Å²) < 4.78 is 20.8. The molecule has 0 saturated carbocycles. The number of halogens is 1. The number of ether oxygens (including phenoxy) is 3. The summed E-state index contributed by atoms with van der Waals surface area (Å²) in [6.07, 6.45) is 4.89. The van der Waals surface area contributed by atoms with E-state index in [9.17, 15) is 4.79 Å². The number of benzene rings is 2. The van der Waals surface area contributed by atoms with Gasteiger partial charge in [0.15, 0.2) is 17.3 Å². The molecule has 2 saturated heterocycles. The minimum Gasteiger partial charge on any atom is -0.443 e. The van der Waals surface area contributed by atoms with Crippen molar-refractivity contribution in [1.29, 1.82) is 0 Å². The molecule has 0 aliphatic carbocycles. The number of piperidine rings is 1. The Bertz CT molecular complexity index is 1610. The lowest BCUT2D eigenvalue weighted by molar-refractivity contribution is -0.0722. The van der Waals surface area contributed by atoms with Gasteiger partial charge in [-0.05, 0) is 81.6 Å². The molecule has 0 amide bonds. The molecular weight excluding hydrogens is 540 g/mol. The van der Waals surface area contributed by atoms with Crippen molar-refractivity contribution in [1.82, 2.24) is 19.4 Å². The quantitative estimate of drug-likeness (QED) is 0.248. The molecule has 0 bridgehead atoms. The third-order valence-corrected chi connectivity index (χ3v) is 8.83. The van der Waals surface area contributed by atoms with Gasteiger partial charge in [0.1, 0.15) is 11.5 Å². The van der Waals surface area contributed by atoms with Gasteiger partial charge in [-0.2, -0.15) is 0 Å². The molecule has 7 rings (SSSR count). The van der Waals surface area contributed by atoms with E-state index < -0.39 is 5.79 Å². The first kappa shape index (κ1) is 26.4. The fourth-order valence-electron chi connectivity index (χ4n) is 6.17. The van der Waals surface area contributed by atoms with E-state index in [-0.39, 0.29) is 11.9 Å². The number of hydrogen-bond acceptors (Lipinski definition) is 7. The molecule has 0 radical (unpaired) electrons. The van der Waals surface area contributed by atoms with Crippen LogP contribution in [0.2, 0.25) is 5.02 Å². The van der Waals surface area contributed by atoms with Crippen LogP contribution in [0, 0.1) is 0 Å². The van der Waals surface area contributed by atoms with Crippen molar-refractivity contribution in [3.05, 3.63) is 82.4 Å². The van der Waals surface area contributed by atoms with Crippen LogP contribution in [0.15, 0.2) is 54.7 Å². The van der Waals surface area contributed by atoms with Crippen molar-refractivity contribution in [3.8, 4) is 11.5 Å². The molecule has 5 heterocycles. The number of hydrogen-bond donors (Lipinski definition) is 0. The van der Waals surface area contributed by atoms with Crippen molar-refractivity contribution in [3.63, 3.8) is 0 Å². The topological polar surface area (TPSA) is 78.7 Å². The molecule has 9 heteroatoms. The average molecular weight is 573 g/mol. The predicted octanol–water partition coefficient (Wildman–Crippen LogP) is 6.10. The second-order valence-corrected chi connectivity index (χ2v) is 11.9. The molecule has 212 valence electrons. The zero-order valence-electron chi connectivity index (χ0n) is 23.3. The highest BCUT2D eigenvalue weighted by atomic mass is 35.5. The molecular formula is C32H33ClN4O4. The van der Waals surface area contributed by atoms with Crippen LogP contribution in [0.25, 0.3) is 11.0 Å². The number of carbonyl (C=O) groups is 1. The largest absolute Gasteiger partial charge is 0.443 e. The Morgan fingerprint density at radius 2 is 1.93 bits per heavy atom. The van der Waals surface area contributed by atoms with Crippen molar-refractivity contribution in [2.75, 3.05) is 19.7 Å². The number of para-hydroxylation sites is 1. The fourth-order valence-corrected chi connectivity index (χ4v) is 6.28. The summed E-state index contributed by atoms with van der Waals surface area (Å²) in [5.41, 5.74) is 4.52. The molecule has 2 aromatic carbocycles. The first-order valence-electron chi connectivity index (χ1n) is 14.3. The van der Waals surface area contributed by atoms with Gasteiger partial charge in [-0.1, -0.05) is 23.7 Å². The maximum atomic E-state index is 12.1. The lowest BCUT2D eigenvalue weighted by Gasteiger charge is -2.33. The molecule has 4 aromatic rings. The molecule has 0 unspecified atom stereocenters. The number of imidazole rings is 1. The SMILES string of the molecule is CC(=O)c1ccc2nc(CN3CCC(c4cccc5c4O[C@@](C)(c4ccc(Cl)cn4)O5)CC3)n(C[C@@H]3CCO3)c2c1. The maximum Gasteiger partial charge on any atom is 0.292 e. The maximum absolute atomic E-state index is 12.1. The number of carbonyl (C=O) groups excluding carboxylic acids is 1. The third-order valence-electron chi connectivity index (χ3n) is 8.61. The van der Waals surface area contributed by atoms with Crippen LogP contribution in [-0.4, -0.2) is 51.0 Å². The Labute approximate surface area is 244 Å². The molecule has 8 nitrogen and oxygen atoms in total. The normalized spacial score (nSPS) is 22.7. The van der Waals surface area contributed by atoms with Crippen LogP contribution in [0.1, 0.15) is 66.5 Å². The summed E-state index contributed by atoms with van der Waals surface area (Å²) in [5, 5.41) is 0.577. The standard InChI is InChI=1S/C32H33ClN4O4/c1-20(38)22-6-8-26-27(16-22)37(18-24-12-15-39-24)30(35-26)19-36-13-10-21(11-14-36)25-4-3-5-28-31(25)41-32(2,40-28)29-9-7-23(33)17-34-29/h3-9,16-17,21,24H,10-15,18-19H2,1-2H3/t24-,32-/m0/s1. The van der Waals surface area contributed by atoms with E-state index >= 15 is 0 Å². The van der Waals surface area contributed by atoms with Crippen LogP contribution >= 0.6 is 11.6 Å². The Kier molecular flexibility index (Phi) is 6.72. The molecule has 0 N–H and O–H groups in total. The summed E-state index contributed by atoms with van der Waals surface area (Å²) in [5.74, 6) is 2.03. The van der Waals surface area contributed by atoms with Gasteiger partial charge in [0, 0.05) is 30.9 Å². The summed E-state index contributed by atoms with van der Waals surface area (Å²) in [6, 6.07) is 15.6. The Balaban J connectivity index is 1.07. The van der Waals surface area contributed by atoms with Crippen molar-refractivity contribution < 1.29 is 19.0 Å². The molecule has 3 aliphatic rings. The second-order valence-electron chi connectivity index (χ2n) is 11.4. The number of nitrogens with zero attached hydrogens (tertiary/aromatic N) is 4. The lowest BCUT2D eigenvalue weighted by Crippen LogP contribution is -2.35. The van der Waals surface area contributed by atoms with Crippen LogP contribution < -0.4 is 9.47 Å². The van der Waals surface area contributed by atoms with Crippen LogP contribution in [0.3, 0.4) is 0 Å². The van der Waals surface area contributed by atoms with E-state index in [1.165, 1.54) is 5.56 Å². The minimum absolute atomic E-state index is 0.0645. The predicted molar refractivity (Wildman–Crippen MR) is 156 cm³/mol. The number of ketones is 1. The van der Waals surface area contributed by atoms with Crippen molar-refractivity contribution in [2.24, 2.45) is 0 Å². The third kappa shape index (κ3) is 4.98. The molecule has 41 heavy (non-hydrogen) atoms. The smallest absolute Gasteiger partial charge is 0.292 e. The van der Waals surface area contributed by atoms with Gasteiger partial charge in [0.25, 0.3) is 5.79 Å². The number of Topliss-reactive ketones (excluding diaryl/α,β-unsaturated/α-hetero) is 1. The fraction of sp³-hybridized carbons (Fsp3) is 0.406. The second kappa shape index (κ2) is 10.4. The highest BCUT2D eigenvalue weighted by Gasteiger charge is 2.42. The van der Waals surface area contributed by atoms with E-state index in [1.54, 1.807) is 19.2 Å². The van der Waals surface area contributed by atoms with E-state index in [0.29, 0.717) is 22.2 Å². The first-order valence-corrected chi connectivity index (χ1v) is 14.7. The number of likely N-dealkylation sites (tertiary alicyclic amines) is 1. The highest BCUT2D eigenvalue weighted by molar-refractivity contribution is 6.30. The first-order chi connectivity index (χ1) is 19.9. The van der Waals surface area contributed by atoms with E-state index in [4.69, 9.17) is 30.8 Å². The van der Waals surface area contributed by atoms with Gasteiger partial charge in [0.05, 0.1) is 35.2 Å². The minimum atomic E-state index is -0.991. The van der Waals surface area contributed by atoms with E-state index in [1.807, 2.05) is 43.3 Å².